The molecule has 2 rings (SSSR count). The van der Waals surface area contributed by atoms with E-state index in [1.807, 2.05) is 60.7 Å². The van der Waals surface area contributed by atoms with E-state index < -0.39 is 11.0 Å². The van der Waals surface area contributed by atoms with Crippen LogP contribution < -0.4 is 0 Å². The van der Waals surface area contributed by atoms with Gasteiger partial charge in [0.25, 0.3) is 6.04 Å². The van der Waals surface area contributed by atoms with E-state index in [1.165, 1.54) is 12.4 Å². The molecule has 0 atom stereocenters. The minimum absolute atomic E-state index is 0.400. The fraction of sp³-hybridized carbons (Fsp3) is 0.176. The van der Waals surface area contributed by atoms with Crippen LogP contribution in [0.25, 0.3) is 0 Å². The van der Waals surface area contributed by atoms with Crippen LogP contribution in [0.1, 0.15) is 11.1 Å². The van der Waals surface area contributed by atoms with Gasteiger partial charge in [-0.25, -0.2) is 0 Å². The largest absolute Gasteiger partial charge is 0.285 e. The van der Waals surface area contributed by atoms with Gasteiger partial charge in [-0.3, -0.25) is 20.1 Å². The third-order valence-electron chi connectivity index (χ3n) is 2.99. The standard InChI is InChI=1S/C17H17N3O2/c21-20(22)17(13-18-11-15-7-3-1-4-8-15)14-19-12-16-9-5-2-6-10-16/h1-10,13-14,17H,11-12H2. The van der Waals surface area contributed by atoms with Gasteiger partial charge in [-0.1, -0.05) is 60.7 Å². The molecule has 0 amide bonds. The Morgan fingerprint density at radius 2 is 1.27 bits per heavy atom. The maximum atomic E-state index is 11.0. The molecule has 0 fully saturated rings. The van der Waals surface area contributed by atoms with Crippen molar-refractivity contribution in [2.75, 3.05) is 0 Å². The van der Waals surface area contributed by atoms with Crippen LogP contribution in [0.2, 0.25) is 0 Å². The maximum Gasteiger partial charge on any atom is 0.282 e. The molecule has 2 aromatic carbocycles. The Labute approximate surface area is 129 Å². The van der Waals surface area contributed by atoms with E-state index in [0.717, 1.165) is 11.1 Å². The van der Waals surface area contributed by atoms with Gasteiger partial charge in [0.1, 0.15) is 0 Å². The highest BCUT2D eigenvalue weighted by atomic mass is 16.6. The second kappa shape index (κ2) is 8.46. The van der Waals surface area contributed by atoms with Crippen molar-refractivity contribution in [2.24, 2.45) is 9.98 Å². The zero-order valence-electron chi connectivity index (χ0n) is 12.1. The number of nitro groups is 1. The lowest BCUT2D eigenvalue weighted by atomic mass is 10.2. The lowest BCUT2D eigenvalue weighted by Crippen LogP contribution is -2.22. The van der Waals surface area contributed by atoms with Gasteiger partial charge in [0.05, 0.1) is 25.5 Å². The molecule has 0 aliphatic carbocycles. The normalized spacial score (nSPS) is 12.7. The Kier molecular flexibility index (Phi) is 5.99. The summed E-state index contributed by atoms with van der Waals surface area (Å²) in [5.74, 6) is 0. The Morgan fingerprint density at radius 3 is 1.64 bits per heavy atom. The van der Waals surface area contributed by atoms with Gasteiger partial charge in [-0.2, -0.15) is 0 Å². The molecular formula is C17H17N3O2. The van der Waals surface area contributed by atoms with Gasteiger partial charge in [-0.15, -0.1) is 0 Å². The van der Waals surface area contributed by atoms with E-state index in [2.05, 4.69) is 9.98 Å². The van der Waals surface area contributed by atoms with Gasteiger partial charge in [0.15, 0.2) is 0 Å². The quantitative estimate of drug-likeness (QED) is 0.447. The highest BCUT2D eigenvalue weighted by Crippen LogP contribution is 2.01. The van der Waals surface area contributed by atoms with Crippen LogP contribution in [0.3, 0.4) is 0 Å². The van der Waals surface area contributed by atoms with Crippen LogP contribution in [0, 0.1) is 10.1 Å². The Balaban J connectivity index is 1.91. The average molecular weight is 295 g/mol. The number of hydrogen-bond acceptors (Lipinski definition) is 4. The third kappa shape index (κ3) is 5.28. The first kappa shape index (κ1) is 15.6. The van der Waals surface area contributed by atoms with Crippen LogP contribution in [-0.4, -0.2) is 23.4 Å². The summed E-state index contributed by atoms with van der Waals surface area (Å²) in [5.41, 5.74) is 2.03. The average Bonchev–Trinajstić information content (AvgIpc) is 2.55. The molecule has 0 unspecified atom stereocenters. The van der Waals surface area contributed by atoms with Crippen molar-refractivity contribution in [3.05, 3.63) is 81.9 Å². The highest BCUT2D eigenvalue weighted by molar-refractivity contribution is 5.86. The number of rotatable bonds is 7. The van der Waals surface area contributed by atoms with E-state index in [1.54, 1.807) is 0 Å². The van der Waals surface area contributed by atoms with Crippen molar-refractivity contribution in [1.29, 1.82) is 0 Å². The molecule has 0 aromatic heterocycles. The molecule has 0 saturated carbocycles. The van der Waals surface area contributed by atoms with E-state index in [9.17, 15) is 10.1 Å². The molecule has 0 aliphatic heterocycles. The number of aliphatic imine (C=N–C) groups is 2. The van der Waals surface area contributed by atoms with E-state index in [4.69, 9.17) is 0 Å². The number of nitrogens with zero attached hydrogens (tertiary/aromatic N) is 3. The van der Waals surface area contributed by atoms with Crippen LogP contribution in [0.5, 0.6) is 0 Å². The highest BCUT2D eigenvalue weighted by Gasteiger charge is 2.13. The van der Waals surface area contributed by atoms with E-state index in [-0.39, 0.29) is 0 Å². The molecule has 22 heavy (non-hydrogen) atoms. The summed E-state index contributed by atoms with van der Waals surface area (Å²) in [6.07, 6.45) is 2.67. The first-order chi connectivity index (χ1) is 10.8. The Bertz CT molecular complexity index is 588. The van der Waals surface area contributed by atoms with Crippen molar-refractivity contribution in [2.45, 2.75) is 19.1 Å². The van der Waals surface area contributed by atoms with Crippen LogP contribution in [-0.2, 0) is 13.1 Å². The SMILES string of the molecule is O=[N+]([O-])C(C=NCc1ccccc1)C=NCc1ccccc1. The lowest BCUT2D eigenvalue weighted by molar-refractivity contribution is -0.482. The second-order valence-corrected chi connectivity index (χ2v) is 4.73. The van der Waals surface area contributed by atoms with Gasteiger partial charge >= 0.3 is 0 Å². The van der Waals surface area contributed by atoms with Crippen LogP contribution in [0.15, 0.2) is 70.6 Å². The second-order valence-electron chi connectivity index (χ2n) is 4.73. The summed E-state index contributed by atoms with van der Waals surface area (Å²) in [5, 5.41) is 11.0. The van der Waals surface area contributed by atoms with Crippen molar-refractivity contribution in [1.82, 2.24) is 0 Å². The fourth-order valence-corrected chi connectivity index (χ4v) is 1.85. The zero-order valence-corrected chi connectivity index (χ0v) is 12.1. The lowest BCUT2D eigenvalue weighted by Gasteiger charge is -1.99. The summed E-state index contributed by atoms with van der Waals surface area (Å²) in [4.78, 5) is 18.9. The first-order valence-corrected chi connectivity index (χ1v) is 6.97. The maximum absolute atomic E-state index is 11.0. The zero-order chi connectivity index (χ0) is 15.6. The molecule has 2 aromatic rings. The molecule has 0 heterocycles. The summed E-state index contributed by atoms with van der Waals surface area (Å²) in [6, 6.07) is 18.2. The van der Waals surface area contributed by atoms with Crippen molar-refractivity contribution >= 4 is 12.4 Å². The minimum atomic E-state index is -0.993. The van der Waals surface area contributed by atoms with Crippen LogP contribution >= 0.6 is 0 Å². The van der Waals surface area contributed by atoms with Gasteiger partial charge < -0.3 is 0 Å². The van der Waals surface area contributed by atoms with Crippen molar-refractivity contribution in [3.63, 3.8) is 0 Å². The Morgan fingerprint density at radius 1 is 0.864 bits per heavy atom. The summed E-state index contributed by atoms with van der Waals surface area (Å²) >= 11 is 0. The van der Waals surface area contributed by atoms with Crippen molar-refractivity contribution in [3.8, 4) is 0 Å². The first-order valence-electron chi connectivity index (χ1n) is 6.97. The van der Waals surface area contributed by atoms with E-state index in [0.29, 0.717) is 13.1 Å². The Hall–Kier alpha value is -2.82. The predicted octanol–water partition coefficient (Wildman–Crippen LogP) is 3.17. The number of hydrogen-bond donors (Lipinski definition) is 0. The monoisotopic (exact) mass is 295 g/mol. The molecule has 0 bridgehead atoms. The van der Waals surface area contributed by atoms with Gasteiger partial charge in [-0.05, 0) is 11.1 Å². The smallest absolute Gasteiger partial charge is 0.282 e. The molecule has 0 saturated heterocycles. The molecule has 112 valence electrons. The fourth-order valence-electron chi connectivity index (χ4n) is 1.85. The predicted molar refractivity (Wildman–Crippen MR) is 88.1 cm³/mol. The van der Waals surface area contributed by atoms with Crippen LogP contribution in [0.4, 0.5) is 0 Å². The van der Waals surface area contributed by atoms with Gasteiger partial charge in [0.2, 0.25) is 0 Å². The molecule has 0 spiro atoms. The summed E-state index contributed by atoms with van der Waals surface area (Å²) in [6.45, 7) is 0.857. The topological polar surface area (TPSA) is 67.9 Å². The number of benzene rings is 2. The molecule has 5 heteroatoms. The molecule has 0 N–H and O–H groups in total. The molecule has 0 aliphatic rings. The molecule has 5 nitrogen and oxygen atoms in total. The van der Waals surface area contributed by atoms with Gasteiger partial charge in [0, 0.05) is 4.92 Å². The van der Waals surface area contributed by atoms with Crippen molar-refractivity contribution < 1.29 is 4.92 Å². The van der Waals surface area contributed by atoms with E-state index >= 15 is 0 Å². The minimum Gasteiger partial charge on any atom is -0.285 e. The summed E-state index contributed by atoms with van der Waals surface area (Å²) in [7, 11) is 0. The molecule has 0 radical (unpaired) electrons. The third-order valence-corrected chi connectivity index (χ3v) is 2.99. The molecular weight excluding hydrogens is 278 g/mol. The summed E-state index contributed by atoms with van der Waals surface area (Å²) < 4.78 is 0.